The van der Waals surface area contributed by atoms with E-state index < -0.39 is 0 Å². The fraction of sp³-hybridized carbons (Fsp3) is 0.571. The lowest BCUT2D eigenvalue weighted by atomic mass is 10.2. The van der Waals surface area contributed by atoms with Crippen LogP contribution in [0.4, 0.5) is 5.69 Å². The largest absolute Gasteiger partial charge is 0.474 e. The van der Waals surface area contributed by atoms with Gasteiger partial charge in [0.15, 0.2) is 0 Å². The summed E-state index contributed by atoms with van der Waals surface area (Å²) in [6.07, 6.45) is 1.62. The molecule has 1 aromatic carbocycles. The van der Waals surface area contributed by atoms with E-state index in [9.17, 15) is 4.79 Å². The molecule has 29 heavy (non-hydrogen) atoms. The highest BCUT2D eigenvalue weighted by Gasteiger charge is 2.22. The van der Waals surface area contributed by atoms with E-state index in [1.807, 2.05) is 24.8 Å². The minimum atomic E-state index is 0.0682. The normalized spacial score (nSPS) is 18.7. The van der Waals surface area contributed by atoms with E-state index in [4.69, 9.17) is 9.47 Å². The number of aromatic nitrogens is 2. The second-order valence-corrected chi connectivity index (χ2v) is 7.81. The van der Waals surface area contributed by atoms with Crippen molar-refractivity contribution in [3.05, 3.63) is 24.5 Å². The molecule has 0 atom stereocenters. The van der Waals surface area contributed by atoms with Gasteiger partial charge in [0.2, 0.25) is 11.8 Å². The van der Waals surface area contributed by atoms with Crippen LogP contribution in [-0.2, 0) is 9.53 Å². The average Bonchev–Trinajstić information content (AvgIpc) is 2.73. The van der Waals surface area contributed by atoms with Crippen molar-refractivity contribution in [2.45, 2.75) is 20.0 Å². The van der Waals surface area contributed by atoms with Crippen molar-refractivity contribution < 1.29 is 14.3 Å². The highest BCUT2D eigenvalue weighted by molar-refractivity contribution is 5.86. The molecule has 0 N–H and O–H groups in total. The van der Waals surface area contributed by atoms with Gasteiger partial charge in [0.1, 0.15) is 12.9 Å². The lowest BCUT2D eigenvalue weighted by Crippen LogP contribution is -2.50. The Bertz CT molecular complexity index is 851. The first-order chi connectivity index (χ1) is 14.1. The first kappa shape index (κ1) is 19.8. The molecule has 0 bridgehead atoms. The molecule has 0 unspecified atom stereocenters. The molecule has 2 fully saturated rings. The van der Waals surface area contributed by atoms with E-state index in [-0.39, 0.29) is 18.6 Å². The van der Waals surface area contributed by atoms with Crippen molar-refractivity contribution in [1.29, 1.82) is 0 Å². The van der Waals surface area contributed by atoms with Crippen LogP contribution in [0.2, 0.25) is 0 Å². The van der Waals surface area contributed by atoms with Gasteiger partial charge in [-0.25, -0.2) is 9.97 Å². The van der Waals surface area contributed by atoms with Gasteiger partial charge in [0.25, 0.3) is 0 Å². The molecule has 2 aromatic rings. The summed E-state index contributed by atoms with van der Waals surface area (Å²) < 4.78 is 11.1. The molecule has 0 spiro atoms. The summed E-state index contributed by atoms with van der Waals surface area (Å²) in [5.41, 5.74) is 2.07. The third-order valence-corrected chi connectivity index (χ3v) is 5.44. The van der Waals surface area contributed by atoms with Crippen molar-refractivity contribution in [3.63, 3.8) is 0 Å². The SMILES string of the molecule is CC(C)Oc1ncnc2ccc(N3CCN(CCN4CCOCC4=O)CC3)cc12. The van der Waals surface area contributed by atoms with E-state index in [1.165, 1.54) is 5.69 Å². The zero-order valence-corrected chi connectivity index (χ0v) is 17.2. The topological polar surface area (TPSA) is 71.0 Å². The van der Waals surface area contributed by atoms with Crippen molar-refractivity contribution in [3.8, 4) is 5.88 Å². The lowest BCUT2D eigenvalue weighted by molar-refractivity contribution is -0.142. The van der Waals surface area contributed by atoms with E-state index in [0.717, 1.165) is 50.2 Å². The van der Waals surface area contributed by atoms with E-state index in [2.05, 4.69) is 31.9 Å². The number of hydrogen-bond acceptors (Lipinski definition) is 7. The van der Waals surface area contributed by atoms with Crippen molar-refractivity contribution in [2.75, 3.05) is 63.9 Å². The highest BCUT2D eigenvalue weighted by atomic mass is 16.5. The summed E-state index contributed by atoms with van der Waals surface area (Å²) in [7, 11) is 0. The number of nitrogens with zero attached hydrogens (tertiary/aromatic N) is 5. The molecule has 3 heterocycles. The Labute approximate surface area is 171 Å². The minimum absolute atomic E-state index is 0.0682. The number of anilines is 1. The van der Waals surface area contributed by atoms with Gasteiger partial charge in [0.05, 0.1) is 23.6 Å². The predicted molar refractivity (Wildman–Crippen MR) is 111 cm³/mol. The van der Waals surface area contributed by atoms with Crippen LogP contribution in [0.3, 0.4) is 0 Å². The fourth-order valence-corrected chi connectivity index (χ4v) is 3.81. The van der Waals surface area contributed by atoms with Crippen LogP contribution in [0.5, 0.6) is 5.88 Å². The molecule has 4 rings (SSSR count). The number of carbonyl (C=O) groups is 1. The summed E-state index contributed by atoms with van der Waals surface area (Å²) in [5.74, 6) is 0.744. The maximum atomic E-state index is 11.9. The Morgan fingerprint density at radius 1 is 1.10 bits per heavy atom. The molecular formula is C21H29N5O3. The van der Waals surface area contributed by atoms with Gasteiger partial charge < -0.3 is 19.3 Å². The van der Waals surface area contributed by atoms with E-state index >= 15 is 0 Å². The third-order valence-electron chi connectivity index (χ3n) is 5.44. The smallest absolute Gasteiger partial charge is 0.248 e. The molecule has 2 aliphatic heterocycles. The number of benzene rings is 1. The molecule has 8 nitrogen and oxygen atoms in total. The standard InChI is InChI=1S/C21H29N5O3/c1-16(2)29-21-18-13-17(3-4-19(18)22-15-23-21)25-8-5-24(6-9-25)7-10-26-11-12-28-14-20(26)27/h3-4,13,15-16H,5-12,14H2,1-2H3. The van der Waals surface area contributed by atoms with E-state index in [0.29, 0.717) is 19.0 Å². The van der Waals surface area contributed by atoms with Crippen molar-refractivity contribution in [2.24, 2.45) is 0 Å². The van der Waals surface area contributed by atoms with Gasteiger partial charge in [-0.15, -0.1) is 0 Å². The number of carbonyl (C=O) groups excluding carboxylic acids is 1. The van der Waals surface area contributed by atoms with E-state index in [1.54, 1.807) is 6.33 Å². The van der Waals surface area contributed by atoms with Crippen LogP contribution in [0, 0.1) is 0 Å². The molecule has 8 heteroatoms. The number of rotatable bonds is 6. The lowest BCUT2D eigenvalue weighted by Gasteiger charge is -2.37. The van der Waals surface area contributed by atoms with Crippen molar-refractivity contribution >= 4 is 22.5 Å². The Hall–Kier alpha value is -2.45. The molecule has 0 aliphatic carbocycles. The van der Waals surface area contributed by atoms with Crippen LogP contribution < -0.4 is 9.64 Å². The molecule has 156 valence electrons. The first-order valence-corrected chi connectivity index (χ1v) is 10.3. The Morgan fingerprint density at radius 2 is 1.93 bits per heavy atom. The second-order valence-electron chi connectivity index (χ2n) is 7.81. The van der Waals surface area contributed by atoms with Crippen LogP contribution in [0.25, 0.3) is 10.9 Å². The number of hydrogen-bond donors (Lipinski definition) is 0. The number of ether oxygens (including phenoxy) is 2. The van der Waals surface area contributed by atoms with Crippen LogP contribution in [0.1, 0.15) is 13.8 Å². The minimum Gasteiger partial charge on any atom is -0.474 e. The molecule has 2 aliphatic rings. The Kier molecular flexibility index (Phi) is 6.10. The molecular weight excluding hydrogens is 370 g/mol. The summed E-state index contributed by atoms with van der Waals surface area (Å²) >= 11 is 0. The number of morpholine rings is 1. The summed E-state index contributed by atoms with van der Waals surface area (Å²) in [6.45, 7) is 11.2. The zero-order chi connectivity index (χ0) is 20.2. The maximum Gasteiger partial charge on any atom is 0.248 e. The quantitative estimate of drug-likeness (QED) is 0.727. The Morgan fingerprint density at radius 3 is 2.69 bits per heavy atom. The fourth-order valence-electron chi connectivity index (χ4n) is 3.81. The number of amides is 1. The van der Waals surface area contributed by atoms with Gasteiger partial charge >= 0.3 is 0 Å². The van der Waals surface area contributed by atoms with Crippen LogP contribution in [-0.4, -0.2) is 90.8 Å². The van der Waals surface area contributed by atoms with Gasteiger partial charge in [-0.05, 0) is 32.0 Å². The van der Waals surface area contributed by atoms with Crippen LogP contribution in [0.15, 0.2) is 24.5 Å². The molecule has 2 saturated heterocycles. The number of piperazine rings is 1. The molecule has 0 radical (unpaired) electrons. The monoisotopic (exact) mass is 399 g/mol. The van der Waals surface area contributed by atoms with Gasteiger partial charge in [-0.2, -0.15) is 0 Å². The summed E-state index contributed by atoms with van der Waals surface area (Å²) in [6, 6.07) is 6.29. The number of fused-ring (bicyclic) bond motifs is 1. The average molecular weight is 399 g/mol. The molecule has 0 saturated carbocycles. The summed E-state index contributed by atoms with van der Waals surface area (Å²) in [5, 5.41) is 0.951. The second kappa shape index (κ2) is 8.92. The van der Waals surface area contributed by atoms with Gasteiger partial charge in [-0.3, -0.25) is 9.69 Å². The van der Waals surface area contributed by atoms with Crippen LogP contribution >= 0.6 is 0 Å². The van der Waals surface area contributed by atoms with Gasteiger partial charge in [-0.1, -0.05) is 0 Å². The highest BCUT2D eigenvalue weighted by Crippen LogP contribution is 2.28. The van der Waals surface area contributed by atoms with Crippen molar-refractivity contribution in [1.82, 2.24) is 19.8 Å². The van der Waals surface area contributed by atoms with Gasteiger partial charge in [0, 0.05) is 51.5 Å². The zero-order valence-electron chi connectivity index (χ0n) is 17.2. The summed E-state index contributed by atoms with van der Waals surface area (Å²) in [4.78, 5) is 27.3. The maximum absolute atomic E-state index is 11.9. The molecule has 1 aromatic heterocycles. The first-order valence-electron chi connectivity index (χ1n) is 10.3. The molecule has 1 amide bonds. The predicted octanol–water partition coefficient (Wildman–Crippen LogP) is 1.40. The Balaban J connectivity index is 1.36. The third kappa shape index (κ3) is 4.76.